The second-order valence-electron chi connectivity index (χ2n) is 3.66. The van der Waals surface area contributed by atoms with Crippen LogP contribution >= 0.6 is 0 Å². The van der Waals surface area contributed by atoms with Gasteiger partial charge in [-0.05, 0) is 24.0 Å². The van der Waals surface area contributed by atoms with Crippen LogP contribution in [0.25, 0.3) is 0 Å². The molecule has 0 aliphatic heterocycles. The number of aryl methyl sites for hydroxylation is 1. The summed E-state index contributed by atoms with van der Waals surface area (Å²) in [7, 11) is 0. The molecule has 1 aliphatic rings. The Labute approximate surface area is 87.7 Å². The van der Waals surface area contributed by atoms with E-state index in [1.165, 1.54) is 0 Å². The number of hydrogen-bond donors (Lipinski definition) is 2. The molecular formula is C11H13NO3. The van der Waals surface area contributed by atoms with Crippen LogP contribution in [0.5, 0.6) is 0 Å². The number of primary amides is 1. The first kappa shape index (κ1) is 9.98. The van der Waals surface area contributed by atoms with Crippen molar-refractivity contribution in [2.24, 2.45) is 5.73 Å². The van der Waals surface area contributed by atoms with E-state index in [2.05, 4.69) is 0 Å². The van der Waals surface area contributed by atoms with Gasteiger partial charge in [-0.15, -0.1) is 0 Å². The molecule has 1 aromatic carbocycles. The maximum Gasteiger partial charge on any atom is 0.404 e. The van der Waals surface area contributed by atoms with E-state index in [1.54, 1.807) is 0 Å². The molecule has 0 aromatic heterocycles. The fraction of sp³-hybridized carbons (Fsp3) is 0.364. The third kappa shape index (κ3) is 1.94. The Hall–Kier alpha value is -1.55. The zero-order valence-corrected chi connectivity index (χ0v) is 8.22. The van der Waals surface area contributed by atoms with Crippen molar-refractivity contribution < 1.29 is 14.6 Å². The lowest BCUT2D eigenvalue weighted by molar-refractivity contribution is -0.00520. The normalized spacial score (nSPS) is 24.3. The maximum atomic E-state index is 10.6. The topological polar surface area (TPSA) is 72.6 Å². The molecule has 0 fully saturated rings. The van der Waals surface area contributed by atoms with E-state index in [-0.39, 0.29) is 0 Å². The highest BCUT2D eigenvalue weighted by Gasteiger charge is 2.29. The van der Waals surface area contributed by atoms with Crippen LogP contribution in [0, 0.1) is 0 Å². The van der Waals surface area contributed by atoms with Gasteiger partial charge in [0.25, 0.3) is 0 Å². The molecule has 80 valence electrons. The molecule has 4 heteroatoms. The van der Waals surface area contributed by atoms with E-state index >= 15 is 0 Å². The number of aliphatic hydroxyl groups excluding tert-OH is 1. The quantitative estimate of drug-likeness (QED) is 0.725. The number of carbonyl (C=O) groups excluding carboxylic acids is 1. The Morgan fingerprint density at radius 2 is 2.20 bits per heavy atom. The molecule has 0 saturated heterocycles. The highest BCUT2D eigenvalue weighted by molar-refractivity contribution is 5.65. The van der Waals surface area contributed by atoms with Gasteiger partial charge in [0.15, 0.2) is 0 Å². The molecule has 0 radical (unpaired) electrons. The number of fused-ring (bicyclic) bond motifs is 1. The maximum absolute atomic E-state index is 10.6. The van der Waals surface area contributed by atoms with Crippen molar-refractivity contribution in [3.8, 4) is 0 Å². The summed E-state index contributed by atoms with van der Waals surface area (Å²) in [5.74, 6) is 0. The minimum absolute atomic E-state index is 0.516. The van der Waals surface area contributed by atoms with Gasteiger partial charge in [-0.2, -0.15) is 0 Å². The van der Waals surface area contributed by atoms with Crippen molar-refractivity contribution in [2.75, 3.05) is 0 Å². The van der Waals surface area contributed by atoms with Gasteiger partial charge in [-0.25, -0.2) is 4.79 Å². The summed E-state index contributed by atoms with van der Waals surface area (Å²) < 4.78 is 4.85. The number of hydrogen-bond acceptors (Lipinski definition) is 3. The standard InChI is InChI=1S/C11H13NO3/c12-11(14)15-9-6-5-7-3-1-2-4-8(7)10(9)13/h1-4,9-10,13H,5-6H2,(H2,12,14)/t9-,10+/m0/s1. The van der Waals surface area contributed by atoms with Crippen molar-refractivity contribution >= 4 is 6.09 Å². The lowest BCUT2D eigenvalue weighted by Crippen LogP contribution is -2.32. The summed E-state index contributed by atoms with van der Waals surface area (Å²) in [5, 5.41) is 9.94. The molecular weight excluding hydrogens is 194 g/mol. The van der Waals surface area contributed by atoms with Crippen LogP contribution in [-0.4, -0.2) is 17.3 Å². The molecule has 0 spiro atoms. The van der Waals surface area contributed by atoms with Crippen LogP contribution in [0.15, 0.2) is 24.3 Å². The van der Waals surface area contributed by atoms with Crippen LogP contribution in [-0.2, 0) is 11.2 Å². The molecule has 3 N–H and O–H groups in total. The van der Waals surface area contributed by atoms with Crippen LogP contribution < -0.4 is 5.73 Å². The zero-order chi connectivity index (χ0) is 10.8. The molecule has 2 rings (SSSR count). The molecule has 15 heavy (non-hydrogen) atoms. The fourth-order valence-corrected chi connectivity index (χ4v) is 1.98. The third-order valence-corrected chi connectivity index (χ3v) is 2.69. The second-order valence-corrected chi connectivity index (χ2v) is 3.66. The van der Waals surface area contributed by atoms with Gasteiger partial charge < -0.3 is 15.6 Å². The lowest BCUT2D eigenvalue weighted by Gasteiger charge is -2.28. The van der Waals surface area contributed by atoms with E-state index in [0.29, 0.717) is 6.42 Å². The summed E-state index contributed by atoms with van der Waals surface area (Å²) in [4.78, 5) is 10.6. The SMILES string of the molecule is NC(=O)O[C@H]1CCc2ccccc2[C@H]1O. The first-order valence-corrected chi connectivity index (χ1v) is 4.90. The number of aliphatic hydroxyl groups is 1. The third-order valence-electron chi connectivity index (χ3n) is 2.69. The average Bonchev–Trinajstić information content (AvgIpc) is 2.22. The number of ether oxygens (including phenoxy) is 1. The minimum Gasteiger partial charge on any atom is -0.443 e. The summed E-state index contributed by atoms with van der Waals surface area (Å²) in [5.41, 5.74) is 6.87. The van der Waals surface area contributed by atoms with Crippen molar-refractivity contribution in [1.82, 2.24) is 0 Å². The first-order valence-electron chi connectivity index (χ1n) is 4.90. The average molecular weight is 207 g/mol. The molecule has 1 aliphatic carbocycles. The van der Waals surface area contributed by atoms with Crippen molar-refractivity contribution in [3.05, 3.63) is 35.4 Å². The van der Waals surface area contributed by atoms with E-state index in [9.17, 15) is 9.90 Å². The molecule has 1 amide bonds. The highest BCUT2D eigenvalue weighted by atomic mass is 16.6. The van der Waals surface area contributed by atoms with Gasteiger partial charge in [-0.1, -0.05) is 24.3 Å². The van der Waals surface area contributed by atoms with E-state index in [0.717, 1.165) is 17.5 Å². The molecule has 0 saturated carbocycles. The summed E-state index contributed by atoms with van der Waals surface area (Å²) >= 11 is 0. The Morgan fingerprint density at radius 1 is 1.47 bits per heavy atom. The van der Waals surface area contributed by atoms with Gasteiger partial charge in [-0.3, -0.25) is 0 Å². The number of rotatable bonds is 1. The monoisotopic (exact) mass is 207 g/mol. The van der Waals surface area contributed by atoms with Crippen LogP contribution in [0.3, 0.4) is 0 Å². The van der Waals surface area contributed by atoms with Crippen LogP contribution in [0.4, 0.5) is 4.79 Å². The van der Waals surface area contributed by atoms with Gasteiger partial charge in [0.2, 0.25) is 0 Å². The summed E-state index contributed by atoms with van der Waals surface area (Å²) in [6, 6.07) is 7.60. The smallest absolute Gasteiger partial charge is 0.404 e. The number of amides is 1. The summed E-state index contributed by atoms with van der Waals surface area (Å²) in [6.07, 6.45) is -0.704. The van der Waals surface area contributed by atoms with Crippen molar-refractivity contribution in [1.29, 1.82) is 0 Å². The van der Waals surface area contributed by atoms with Gasteiger partial charge in [0.05, 0.1) is 0 Å². The predicted octanol–water partition coefficient (Wildman–Crippen LogP) is 1.13. The zero-order valence-electron chi connectivity index (χ0n) is 8.22. The van der Waals surface area contributed by atoms with Gasteiger partial charge >= 0.3 is 6.09 Å². The van der Waals surface area contributed by atoms with E-state index in [4.69, 9.17) is 10.5 Å². The minimum atomic E-state index is -0.835. The first-order chi connectivity index (χ1) is 7.18. The molecule has 2 atom stereocenters. The van der Waals surface area contributed by atoms with Crippen molar-refractivity contribution in [2.45, 2.75) is 25.0 Å². The van der Waals surface area contributed by atoms with Crippen LogP contribution in [0.1, 0.15) is 23.7 Å². The molecule has 1 aromatic rings. The number of nitrogens with two attached hydrogens (primary N) is 1. The Bertz CT molecular complexity index is 378. The van der Waals surface area contributed by atoms with Crippen LogP contribution in [0.2, 0.25) is 0 Å². The second kappa shape index (κ2) is 3.90. The highest BCUT2D eigenvalue weighted by Crippen LogP contribution is 2.31. The summed E-state index contributed by atoms with van der Waals surface area (Å²) in [6.45, 7) is 0. The van der Waals surface area contributed by atoms with E-state index in [1.807, 2.05) is 24.3 Å². The Balaban J connectivity index is 2.22. The predicted molar refractivity (Wildman–Crippen MR) is 54.2 cm³/mol. The number of benzene rings is 1. The Morgan fingerprint density at radius 3 is 2.93 bits per heavy atom. The van der Waals surface area contributed by atoms with E-state index < -0.39 is 18.3 Å². The van der Waals surface area contributed by atoms with Gasteiger partial charge in [0, 0.05) is 0 Å². The molecule has 0 bridgehead atoms. The largest absolute Gasteiger partial charge is 0.443 e. The fourth-order valence-electron chi connectivity index (χ4n) is 1.98. The lowest BCUT2D eigenvalue weighted by atomic mass is 9.87. The van der Waals surface area contributed by atoms with Gasteiger partial charge in [0.1, 0.15) is 12.2 Å². The molecule has 4 nitrogen and oxygen atoms in total. The molecule has 0 unspecified atom stereocenters. The number of carbonyl (C=O) groups is 1. The molecule has 0 heterocycles. The van der Waals surface area contributed by atoms with Crippen molar-refractivity contribution in [3.63, 3.8) is 0 Å². The Kier molecular flexibility index (Phi) is 2.60.